The fourth-order valence-electron chi connectivity index (χ4n) is 10.2. The molecular weight excluding hydrogens is 450 g/mol. The second-order valence-corrected chi connectivity index (χ2v) is 13.7. The Morgan fingerprint density at radius 2 is 1.89 bits per heavy atom. The van der Waals surface area contributed by atoms with Crippen LogP contribution in [0, 0.1) is 40.4 Å². The number of likely N-dealkylation sites (tertiary alicyclic amines) is 1. The first-order valence-electron chi connectivity index (χ1n) is 14.5. The van der Waals surface area contributed by atoms with E-state index in [4.69, 9.17) is 9.47 Å². The highest BCUT2D eigenvalue weighted by Crippen LogP contribution is 2.69. The van der Waals surface area contributed by atoms with E-state index in [1.54, 1.807) is 12.5 Å². The highest BCUT2D eigenvalue weighted by atomic mass is 16.5. The third-order valence-electron chi connectivity index (χ3n) is 11.7. The topological polar surface area (TPSA) is 55.8 Å². The second kappa shape index (κ2) is 8.36. The number of esters is 1. The van der Waals surface area contributed by atoms with Crippen LogP contribution in [0.3, 0.4) is 0 Å². The maximum absolute atomic E-state index is 12.4. The van der Waals surface area contributed by atoms with E-state index in [-0.39, 0.29) is 41.0 Å². The van der Waals surface area contributed by atoms with Crippen molar-refractivity contribution in [3.8, 4) is 0 Å². The number of carbonyl (C=O) groups is 2. The van der Waals surface area contributed by atoms with Gasteiger partial charge in [-0.15, -0.1) is 0 Å². The molecule has 0 N–H and O–H groups in total. The van der Waals surface area contributed by atoms with Crippen molar-refractivity contribution in [3.63, 3.8) is 0 Å². The molecule has 0 radical (unpaired) electrons. The molecule has 3 saturated carbocycles. The summed E-state index contributed by atoms with van der Waals surface area (Å²) in [5, 5.41) is 0. The molecular formula is C31H45NO4. The molecule has 6 rings (SSSR count). The van der Waals surface area contributed by atoms with E-state index in [9.17, 15) is 9.59 Å². The first-order valence-corrected chi connectivity index (χ1v) is 14.5. The Hall–Kier alpha value is -1.78. The van der Waals surface area contributed by atoms with E-state index in [1.165, 1.54) is 25.3 Å². The number of hydrogen-bond acceptors (Lipinski definition) is 4. The molecule has 0 bridgehead atoms. The zero-order valence-electron chi connectivity index (χ0n) is 23.1. The van der Waals surface area contributed by atoms with Crippen LogP contribution < -0.4 is 0 Å². The molecule has 1 amide bonds. The molecule has 2 aliphatic heterocycles. The van der Waals surface area contributed by atoms with Gasteiger partial charge in [-0.1, -0.05) is 32.4 Å². The van der Waals surface area contributed by atoms with Crippen LogP contribution >= 0.6 is 0 Å². The summed E-state index contributed by atoms with van der Waals surface area (Å²) in [5.41, 5.74) is 3.52. The smallest absolute Gasteiger partial charge is 0.302 e. The van der Waals surface area contributed by atoms with Gasteiger partial charge in [0.25, 0.3) is 0 Å². The van der Waals surface area contributed by atoms with Gasteiger partial charge in [0.2, 0.25) is 5.91 Å². The number of allylic oxidation sites excluding steroid dienone is 1. The Morgan fingerprint density at radius 3 is 2.61 bits per heavy atom. The van der Waals surface area contributed by atoms with Gasteiger partial charge >= 0.3 is 5.97 Å². The van der Waals surface area contributed by atoms with Crippen LogP contribution in [0.5, 0.6) is 0 Å². The molecule has 0 aromatic rings. The van der Waals surface area contributed by atoms with E-state index < -0.39 is 0 Å². The van der Waals surface area contributed by atoms with E-state index in [0.717, 1.165) is 56.7 Å². The molecule has 0 spiro atoms. The Morgan fingerprint density at radius 1 is 1.11 bits per heavy atom. The lowest BCUT2D eigenvalue weighted by Crippen LogP contribution is -2.50. The van der Waals surface area contributed by atoms with Crippen molar-refractivity contribution in [2.24, 2.45) is 40.4 Å². The summed E-state index contributed by atoms with van der Waals surface area (Å²) in [6.07, 6.45) is 11.8. The normalized spacial score (nSPS) is 47.4. The molecule has 5 heteroatoms. The summed E-state index contributed by atoms with van der Waals surface area (Å²) in [7, 11) is 0. The van der Waals surface area contributed by atoms with Crippen molar-refractivity contribution >= 4 is 11.9 Å². The molecule has 0 aromatic carbocycles. The van der Waals surface area contributed by atoms with Crippen LogP contribution in [0.2, 0.25) is 0 Å². The lowest BCUT2D eigenvalue weighted by Gasteiger charge is -2.58. The first kappa shape index (κ1) is 24.6. The van der Waals surface area contributed by atoms with E-state index in [0.29, 0.717) is 23.7 Å². The summed E-state index contributed by atoms with van der Waals surface area (Å²) in [5.74, 6) is 4.31. The first-order chi connectivity index (χ1) is 17.0. The number of nitrogens with zero attached hydrogens (tertiary/aromatic N) is 1. The van der Waals surface area contributed by atoms with Gasteiger partial charge in [-0.3, -0.25) is 9.59 Å². The Balaban J connectivity index is 1.25. The fraction of sp³-hybridized carbons (Fsp3) is 0.806. The Labute approximate surface area is 217 Å². The molecule has 1 saturated heterocycles. The summed E-state index contributed by atoms with van der Waals surface area (Å²) in [6, 6.07) is 0.132. The molecule has 4 fully saturated rings. The van der Waals surface area contributed by atoms with Gasteiger partial charge in [-0.2, -0.15) is 0 Å². The van der Waals surface area contributed by atoms with Crippen molar-refractivity contribution in [2.45, 2.75) is 111 Å². The zero-order valence-corrected chi connectivity index (χ0v) is 23.1. The van der Waals surface area contributed by atoms with E-state index >= 15 is 0 Å². The molecule has 2 heterocycles. The molecule has 198 valence electrons. The Bertz CT molecular complexity index is 1030. The minimum Gasteiger partial charge on any atom is -0.492 e. The van der Waals surface area contributed by atoms with Gasteiger partial charge in [0.1, 0.15) is 18.0 Å². The average molecular weight is 496 g/mol. The molecule has 0 aromatic heterocycles. The van der Waals surface area contributed by atoms with Crippen molar-refractivity contribution in [1.29, 1.82) is 0 Å². The molecule has 10 atom stereocenters. The van der Waals surface area contributed by atoms with Crippen LogP contribution in [-0.4, -0.2) is 41.6 Å². The molecule has 4 aliphatic carbocycles. The summed E-state index contributed by atoms with van der Waals surface area (Å²) in [4.78, 5) is 26.0. The SMILES string of the molecule is CC(=O)O[C@H]1CC[C@@]2(C)C(=CC[C@H]3[C@@H]4C[C@H]5OC([C@H]6C[C@@H](C)CN6C(C)=O)=C(C)[C@@H]5[C@@]4(C)CC[C@@H]32)C1. The Kier molecular flexibility index (Phi) is 5.70. The van der Waals surface area contributed by atoms with Crippen molar-refractivity contribution < 1.29 is 19.1 Å². The number of fused-ring (bicyclic) bond motifs is 7. The maximum atomic E-state index is 12.4. The molecule has 36 heavy (non-hydrogen) atoms. The third-order valence-corrected chi connectivity index (χ3v) is 11.7. The number of ether oxygens (including phenoxy) is 2. The minimum absolute atomic E-state index is 0.0607. The standard InChI is InChI=1S/C31H45NO4/c1-17-13-26(32(16-17)19(3)33)29-18(2)28-27(36-29)15-25-23-8-7-21-14-22(35-20(4)34)9-11-30(21,5)24(23)10-12-31(25,28)6/h7,17,22-28H,8-16H2,1-6H3/t17-,22+,23-,24+,25+,26-,27-,28+,30+,31+/m1/s1. The number of hydrogen-bond donors (Lipinski definition) is 0. The summed E-state index contributed by atoms with van der Waals surface area (Å²) >= 11 is 0. The fourth-order valence-corrected chi connectivity index (χ4v) is 10.2. The van der Waals surface area contributed by atoms with Crippen LogP contribution in [0.4, 0.5) is 0 Å². The van der Waals surface area contributed by atoms with Crippen LogP contribution in [0.15, 0.2) is 23.0 Å². The van der Waals surface area contributed by atoms with Gasteiger partial charge in [0.15, 0.2) is 0 Å². The minimum atomic E-state index is -0.148. The predicted octanol–water partition coefficient (Wildman–Crippen LogP) is 6.04. The summed E-state index contributed by atoms with van der Waals surface area (Å²) in [6.45, 7) is 13.7. The molecule has 5 nitrogen and oxygen atoms in total. The van der Waals surface area contributed by atoms with Crippen molar-refractivity contribution in [2.75, 3.05) is 6.54 Å². The van der Waals surface area contributed by atoms with Crippen molar-refractivity contribution in [3.05, 3.63) is 23.0 Å². The third kappa shape index (κ3) is 3.46. The lowest BCUT2D eigenvalue weighted by atomic mass is 9.47. The van der Waals surface area contributed by atoms with Gasteiger partial charge in [-0.25, -0.2) is 0 Å². The number of rotatable bonds is 2. The summed E-state index contributed by atoms with van der Waals surface area (Å²) < 4.78 is 12.5. The largest absolute Gasteiger partial charge is 0.492 e. The maximum Gasteiger partial charge on any atom is 0.302 e. The van der Waals surface area contributed by atoms with Gasteiger partial charge in [0.05, 0.1) is 6.04 Å². The predicted molar refractivity (Wildman–Crippen MR) is 139 cm³/mol. The monoisotopic (exact) mass is 495 g/mol. The van der Waals surface area contributed by atoms with Crippen molar-refractivity contribution in [1.82, 2.24) is 4.90 Å². The number of amides is 1. The second-order valence-electron chi connectivity index (χ2n) is 13.7. The molecule has 0 unspecified atom stereocenters. The van der Waals surface area contributed by atoms with Gasteiger partial charge in [0, 0.05) is 32.7 Å². The number of carbonyl (C=O) groups excluding carboxylic acids is 2. The van der Waals surface area contributed by atoms with E-state index in [1.807, 2.05) is 0 Å². The van der Waals surface area contributed by atoms with Crippen LogP contribution in [0.1, 0.15) is 92.9 Å². The highest BCUT2D eigenvalue weighted by Gasteiger charge is 2.64. The quantitative estimate of drug-likeness (QED) is 0.346. The van der Waals surface area contributed by atoms with E-state index in [2.05, 4.69) is 38.7 Å². The lowest BCUT2D eigenvalue weighted by molar-refractivity contribution is -0.148. The van der Waals surface area contributed by atoms with Gasteiger partial charge < -0.3 is 14.4 Å². The van der Waals surface area contributed by atoms with Crippen LogP contribution in [0.25, 0.3) is 0 Å². The zero-order chi connectivity index (χ0) is 25.6. The van der Waals surface area contributed by atoms with Gasteiger partial charge in [-0.05, 0) is 91.9 Å². The molecule has 6 aliphatic rings. The highest BCUT2D eigenvalue weighted by molar-refractivity contribution is 5.74. The average Bonchev–Trinajstić information content (AvgIpc) is 3.44. The van der Waals surface area contributed by atoms with Crippen LogP contribution in [-0.2, 0) is 19.1 Å².